The standard InChI is InChI=1S/C21H30O4.2Y/c1-10(20(22)23)6-14(21(24)25-3)8-15-11(2)16-9-17(15)19-13-5-4-12(7-13)18(16)19;;/h11-13,15-19H,4-9H2,1-3H3,(H,22,23);;/q-2;;. The molecule has 8 atom stereocenters. The Hall–Kier alpha value is 0.888. The Bertz CT molecular complexity index is 568. The number of rotatable bonds is 6. The smallest absolute Gasteiger partial charge is 0.167 e. The van der Waals surface area contributed by atoms with Crippen molar-refractivity contribution in [3.63, 3.8) is 0 Å². The molecule has 0 heterocycles. The molecule has 146 valence electrons. The zero-order chi connectivity index (χ0) is 17.9. The molecule has 4 bridgehead atoms. The predicted octanol–water partition coefficient (Wildman–Crippen LogP) is 3.75. The molecule has 0 spiro atoms. The van der Waals surface area contributed by atoms with Crippen LogP contribution in [-0.2, 0) is 79.7 Å². The maximum Gasteiger partial charge on any atom is 0.167 e. The molecule has 0 aromatic carbocycles. The molecular formula is C21H30O4Y2-2. The molecule has 27 heavy (non-hydrogen) atoms. The van der Waals surface area contributed by atoms with Crippen LogP contribution in [0.3, 0.4) is 0 Å². The molecule has 0 aromatic heterocycles. The van der Waals surface area contributed by atoms with Gasteiger partial charge < -0.3 is 9.84 Å². The van der Waals surface area contributed by atoms with Gasteiger partial charge in [0.25, 0.3) is 0 Å². The van der Waals surface area contributed by atoms with E-state index in [4.69, 9.17) is 4.74 Å². The summed E-state index contributed by atoms with van der Waals surface area (Å²) in [4.78, 5) is 23.5. The van der Waals surface area contributed by atoms with Gasteiger partial charge in [-0.1, -0.05) is 12.8 Å². The SMILES string of the molecule is COC(=O)[C-](C[C-](C)C(=O)O)CC1C(C)C2CC1C1C3CCC(C3)C21.[Y].[Y]. The first-order chi connectivity index (χ1) is 11.9. The summed E-state index contributed by atoms with van der Waals surface area (Å²) in [6, 6.07) is 0. The first-order valence-electron chi connectivity index (χ1n) is 9.91. The van der Waals surface area contributed by atoms with Gasteiger partial charge >= 0.3 is 0 Å². The van der Waals surface area contributed by atoms with E-state index in [-0.39, 0.29) is 77.8 Å². The van der Waals surface area contributed by atoms with Crippen LogP contribution in [0.5, 0.6) is 0 Å². The van der Waals surface area contributed by atoms with Gasteiger partial charge in [0.15, 0.2) is 11.9 Å². The minimum absolute atomic E-state index is 0. The van der Waals surface area contributed by atoms with Gasteiger partial charge in [0.05, 0.1) is 7.11 Å². The Kier molecular flexibility index (Phi) is 8.37. The van der Waals surface area contributed by atoms with Crippen LogP contribution in [-0.4, -0.2) is 24.2 Å². The monoisotopic (exact) mass is 524 g/mol. The third-order valence-corrected chi connectivity index (χ3v) is 8.28. The summed E-state index contributed by atoms with van der Waals surface area (Å²) in [6.07, 6.45) is 6.60. The van der Waals surface area contributed by atoms with Crippen molar-refractivity contribution in [1.82, 2.24) is 0 Å². The quantitative estimate of drug-likeness (QED) is 0.327. The van der Waals surface area contributed by atoms with Crippen LogP contribution < -0.4 is 0 Å². The molecule has 6 heteroatoms. The van der Waals surface area contributed by atoms with Gasteiger partial charge in [-0.25, -0.2) is 0 Å². The van der Waals surface area contributed by atoms with Crippen molar-refractivity contribution in [1.29, 1.82) is 0 Å². The third-order valence-electron chi connectivity index (χ3n) is 8.28. The number of carbonyl (C=O) groups is 2. The van der Waals surface area contributed by atoms with E-state index in [0.717, 1.165) is 41.9 Å². The van der Waals surface area contributed by atoms with Gasteiger partial charge in [-0.05, 0) is 67.1 Å². The average molecular weight is 524 g/mol. The summed E-state index contributed by atoms with van der Waals surface area (Å²) in [5.41, 5.74) is 0. The molecule has 0 aliphatic heterocycles. The maximum absolute atomic E-state index is 12.3. The van der Waals surface area contributed by atoms with E-state index < -0.39 is 5.97 Å². The minimum atomic E-state index is -0.921. The van der Waals surface area contributed by atoms with E-state index in [9.17, 15) is 14.7 Å². The van der Waals surface area contributed by atoms with Gasteiger partial charge in [-0.3, -0.25) is 27.8 Å². The molecule has 8 unspecified atom stereocenters. The van der Waals surface area contributed by atoms with E-state index in [1.54, 1.807) is 6.92 Å². The fourth-order valence-electron chi connectivity index (χ4n) is 7.40. The van der Waals surface area contributed by atoms with Gasteiger partial charge in [0.1, 0.15) is 0 Å². The molecule has 0 aromatic rings. The van der Waals surface area contributed by atoms with Gasteiger partial charge in [0, 0.05) is 65.4 Å². The number of ether oxygens (including phenoxy) is 1. The zero-order valence-electron chi connectivity index (χ0n) is 16.7. The largest absolute Gasteiger partial charge is 0.503 e. The van der Waals surface area contributed by atoms with Gasteiger partial charge in [-0.15, -0.1) is 0 Å². The summed E-state index contributed by atoms with van der Waals surface area (Å²) >= 11 is 0. The van der Waals surface area contributed by atoms with Crippen LogP contribution in [0.25, 0.3) is 0 Å². The second kappa shape index (κ2) is 9.36. The number of hydrogen-bond donors (Lipinski definition) is 1. The van der Waals surface area contributed by atoms with Crippen LogP contribution >= 0.6 is 0 Å². The Balaban J connectivity index is 0.00000131. The Morgan fingerprint density at radius 1 is 1.07 bits per heavy atom. The number of esters is 1. The van der Waals surface area contributed by atoms with Crippen molar-refractivity contribution in [3.8, 4) is 0 Å². The molecular weight excluding hydrogens is 494 g/mol. The molecule has 4 aliphatic rings. The van der Waals surface area contributed by atoms with E-state index in [2.05, 4.69) is 6.92 Å². The number of carboxylic acids is 1. The number of methoxy groups -OCH3 is 1. The third kappa shape index (κ3) is 4.08. The van der Waals surface area contributed by atoms with Crippen molar-refractivity contribution in [2.45, 2.75) is 52.4 Å². The van der Waals surface area contributed by atoms with Crippen LogP contribution in [0.4, 0.5) is 0 Å². The number of carbonyl (C=O) groups excluding carboxylic acids is 1. The minimum Gasteiger partial charge on any atom is -0.503 e. The Morgan fingerprint density at radius 3 is 2.22 bits per heavy atom. The summed E-state index contributed by atoms with van der Waals surface area (Å²) in [5.74, 6) is 6.22. The number of fused-ring (bicyclic) bond motifs is 9. The fraction of sp³-hybridized carbons (Fsp3) is 0.810. The topological polar surface area (TPSA) is 63.6 Å². The Morgan fingerprint density at radius 2 is 1.67 bits per heavy atom. The van der Waals surface area contributed by atoms with Crippen molar-refractivity contribution < 1.29 is 84.9 Å². The second-order valence-corrected chi connectivity index (χ2v) is 9.14. The molecule has 1 N–H and O–H groups in total. The Labute approximate surface area is 213 Å². The van der Waals surface area contributed by atoms with Crippen LogP contribution in [0.15, 0.2) is 0 Å². The molecule has 0 saturated heterocycles. The fourth-order valence-corrected chi connectivity index (χ4v) is 7.40. The second-order valence-electron chi connectivity index (χ2n) is 9.14. The first-order valence-corrected chi connectivity index (χ1v) is 9.91. The molecule has 4 nitrogen and oxygen atoms in total. The van der Waals surface area contributed by atoms with Crippen molar-refractivity contribution in [2.24, 2.45) is 47.3 Å². The maximum atomic E-state index is 12.3. The number of aliphatic carboxylic acids is 1. The summed E-state index contributed by atoms with van der Waals surface area (Å²) in [6.45, 7) is 3.97. The van der Waals surface area contributed by atoms with Crippen molar-refractivity contribution in [3.05, 3.63) is 11.8 Å². The summed E-state index contributed by atoms with van der Waals surface area (Å²) < 4.78 is 4.97. The van der Waals surface area contributed by atoms with Crippen LogP contribution in [0, 0.1) is 59.2 Å². The predicted molar refractivity (Wildman–Crippen MR) is 93.1 cm³/mol. The first kappa shape index (κ1) is 24.2. The summed E-state index contributed by atoms with van der Waals surface area (Å²) in [5, 5.41) is 9.20. The van der Waals surface area contributed by atoms with Crippen LogP contribution in [0.2, 0.25) is 0 Å². The molecule has 0 amide bonds. The van der Waals surface area contributed by atoms with Gasteiger partial charge in [-0.2, -0.15) is 13.3 Å². The number of carboxylic acid groups (broad SMARTS) is 1. The average Bonchev–Trinajstić information content (AvgIpc) is 3.33. The normalized spacial score (nSPS) is 40.0. The van der Waals surface area contributed by atoms with E-state index in [1.807, 2.05) is 0 Å². The van der Waals surface area contributed by atoms with Crippen molar-refractivity contribution >= 4 is 11.9 Å². The van der Waals surface area contributed by atoms with E-state index in [0.29, 0.717) is 23.7 Å². The number of hydrogen-bond acceptors (Lipinski definition) is 3. The summed E-state index contributed by atoms with van der Waals surface area (Å²) in [7, 11) is 1.40. The molecule has 4 fully saturated rings. The van der Waals surface area contributed by atoms with Crippen molar-refractivity contribution in [2.75, 3.05) is 7.11 Å². The molecule has 4 aliphatic carbocycles. The zero-order valence-corrected chi connectivity index (χ0v) is 22.4. The van der Waals surface area contributed by atoms with E-state index in [1.165, 1.54) is 32.8 Å². The van der Waals surface area contributed by atoms with E-state index >= 15 is 0 Å². The molecule has 2 radical (unpaired) electrons. The van der Waals surface area contributed by atoms with Crippen LogP contribution in [0.1, 0.15) is 52.4 Å². The molecule has 4 rings (SSSR count). The molecule has 4 saturated carbocycles. The van der Waals surface area contributed by atoms with Gasteiger partial charge in [0.2, 0.25) is 0 Å².